The van der Waals surface area contributed by atoms with Crippen LogP contribution >= 0.6 is 22.9 Å². The fourth-order valence-electron chi connectivity index (χ4n) is 1.59. The number of nitrogens with zero attached hydrogens (tertiary/aromatic N) is 2. The van der Waals surface area contributed by atoms with Crippen LogP contribution in [0.2, 0.25) is 4.34 Å². The number of nitrogen functional groups attached to an aromatic ring is 1. The third-order valence-electron chi connectivity index (χ3n) is 2.63. The van der Waals surface area contributed by atoms with E-state index < -0.39 is 0 Å². The first-order valence-electron chi connectivity index (χ1n) is 5.73. The zero-order valence-corrected chi connectivity index (χ0v) is 12.0. The van der Waals surface area contributed by atoms with Gasteiger partial charge in [-0.15, -0.1) is 11.3 Å². The maximum atomic E-state index is 12.0. The van der Waals surface area contributed by atoms with Gasteiger partial charge in [0.1, 0.15) is 0 Å². The maximum absolute atomic E-state index is 12.0. The summed E-state index contributed by atoms with van der Waals surface area (Å²) in [7, 11) is 1.77. The van der Waals surface area contributed by atoms with Crippen molar-refractivity contribution in [2.45, 2.75) is 13.0 Å². The molecule has 0 fully saturated rings. The van der Waals surface area contributed by atoms with Crippen molar-refractivity contribution in [2.24, 2.45) is 0 Å². The molecule has 2 N–H and O–H groups in total. The van der Waals surface area contributed by atoms with Crippen LogP contribution in [-0.4, -0.2) is 22.8 Å². The Morgan fingerprint density at radius 2 is 2.21 bits per heavy atom. The molecule has 2 aromatic heterocycles. The zero-order valence-electron chi connectivity index (χ0n) is 10.5. The second-order valence-corrected chi connectivity index (χ2v) is 6.01. The first kappa shape index (κ1) is 13.8. The quantitative estimate of drug-likeness (QED) is 0.943. The fraction of sp³-hybridized carbons (Fsp3) is 0.231. The highest BCUT2D eigenvalue weighted by atomic mass is 35.5. The summed E-state index contributed by atoms with van der Waals surface area (Å²) in [6, 6.07) is 7.28. The number of carbonyl (C=O) groups is 1. The first-order chi connectivity index (χ1) is 9.04. The molecule has 19 heavy (non-hydrogen) atoms. The number of thiophene rings is 1. The number of anilines is 1. The number of halogens is 1. The van der Waals surface area contributed by atoms with Crippen molar-refractivity contribution in [1.29, 1.82) is 0 Å². The number of amides is 1. The summed E-state index contributed by atoms with van der Waals surface area (Å²) in [4.78, 5) is 18.9. The Labute approximate surface area is 120 Å². The highest BCUT2D eigenvalue weighted by molar-refractivity contribution is 7.16. The summed E-state index contributed by atoms with van der Waals surface area (Å²) in [5.74, 6) is 0.0155. The second-order valence-electron chi connectivity index (χ2n) is 4.22. The Balaban J connectivity index is 1.94. The molecule has 1 amide bonds. The number of hydrogen-bond donors (Lipinski definition) is 1. The van der Waals surface area contributed by atoms with Gasteiger partial charge in [-0.3, -0.25) is 9.78 Å². The summed E-state index contributed by atoms with van der Waals surface area (Å²) >= 11 is 7.34. The second kappa shape index (κ2) is 6.04. The lowest BCUT2D eigenvalue weighted by atomic mass is 10.2. The Kier molecular flexibility index (Phi) is 4.39. The number of nitrogens with two attached hydrogens (primary N) is 1. The minimum atomic E-state index is 0.0155. The van der Waals surface area contributed by atoms with Crippen molar-refractivity contribution in [2.75, 3.05) is 12.8 Å². The van der Waals surface area contributed by atoms with Crippen molar-refractivity contribution in [3.63, 3.8) is 0 Å². The van der Waals surface area contributed by atoms with E-state index in [0.29, 0.717) is 12.2 Å². The summed E-state index contributed by atoms with van der Waals surface area (Å²) in [5, 5.41) is 0. The number of hydrogen-bond acceptors (Lipinski definition) is 4. The van der Waals surface area contributed by atoms with Gasteiger partial charge in [0.2, 0.25) is 5.91 Å². The number of rotatable bonds is 4. The lowest BCUT2D eigenvalue weighted by Gasteiger charge is -2.15. The van der Waals surface area contributed by atoms with Gasteiger partial charge >= 0.3 is 0 Å². The van der Waals surface area contributed by atoms with E-state index in [0.717, 1.165) is 14.9 Å². The lowest BCUT2D eigenvalue weighted by Crippen LogP contribution is -2.27. The van der Waals surface area contributed by atoms with Crippen molar-refractivity contribution in [3.05, 3.63) is 45.4 Å². The van der Waals surface area contributed by atoms with E-state index >= 15 is 0 Å². The van der Waals surface area contributed by atoms with Gasteiger partial charge in [-0.2, -0.15) is 0 Å². The average Bonchev–Trinajstić information content (AvgIpc) is 2.77. The van der Waals surface area contributed by atoms with Gasteiger partial charge in [0.15, 0.2) is 0 Å². The average molecular weight is 296 g/mol. The van der Waals surface area contributed by atoms with Gasteiger partial charge in [0.25, 0.3) is 0 Å². The monoisotopic (exact) mass is 295 g/mol. The van der Waals surface area contributed by atoms with Gasteiger partial charge in [0.05, 0.1) is 29.2 Å². The van der Waals surface area contributed by atoms with Crippen LogP contribution in [0.15, 0.2) is 30.5 Å². The molecule has 0 saturated heterocycles. The SMILES string of the molecule is CN(Cc1ccc(Cl)s1)C(=O)Cc1ccc(N)cn1. The summed E-state index contributed by atoms with van der Waals surface area (Å²) in [6.45, 7) is 0.561. The van der Waals surface area contributed by atoms with Gasteiger partial charge in [-0.25, -0.2) is 0 Å². The van der Waals surface area contributed by atoms with E-state index in [9.17, 15) is 4.79 Å². The minimum absolute atomic E-state index is 0.0155. The first-order valence-corrected chi connectivity index (χ1v) is 6.92. The Hall–Kier alpha value is -1.59. The van der Waals surface area contributed by atoms with E-state index in [4.69, 9.17) is 17.3 Å². The van der Waals surface area contributed by atoms with Crippen molar-refractivity contribution in [3.8, 4) is 0 Å². The lowest BCUT2D eigenvalue weighted by molar-refractivity contribution is -0.129. The topological polar surface area (TPSA) is 59.2 Å². The molecule has 4 nitrogen and oxygen atoms in total. The Morgan fingerprint density at radius 1 is 1.42 bits per heavy atom. The molecule has 2 heterocycles. The Bertz CT molecular complexity index is 568. The normalized spacial score (nSPS) is 10.4. The van der Waals surface area contributed by atoms with Crippen LogP contribution in [0.3, 0.4) is 0 Å². The fourth-order valence-corrected chi connectivity index (χ4v) is 2.73. The van der Waals surface area contributed by atoms with Crippen molar-refractivity contribution >= 4 is 34.5 Å². The molecule has 0 saturated carbocycles. The van der Waals surface area contributed by atoms with Crippen molar-refractivity contribution in [1.82, 2.24) is 9.88 Å². The third-order valence-corrected chi connectivity index (χ3v) is 3.84. The summed E-state index contributed by atoms with van der Waals surface area (Å²) in [6.07, 6.45) is 1.83. The van der Waals surface area contributed by atoms with Crippen LogP contribution in [0.25, 0.3) is 0 Å². The minimum Gasteiger partial charge on any atom is -0.397 e. The number of carbonyl (C=O) groups excluding carboxylic acids is 1. The third kappa shape index (κ3) is 3.94. The van der Waals surface area contributed by atoms with Crippen LogP contribution in [-0.2, 0) is 17.8 Å². The molecule has 0 aromatic carbocycles. The number of aromatic nitrogens is 1. The predicted molar refractivity (Wildman–Crippen MR) is 78.2 cm³/mol. The summed E-state index contributed by atoms with van der Waals surface area (Å²) < 4.78 is 0.732. The van der Waals surface area contributed by atoms with Crippen LogP contribution < -0.4 is 5.73 Å². The van der Waals surface area contributed by atoms with Gasteiger partial charge < -0.3 is 10.6 Å². The van der Waals surface area contributed by atoms with Gasteiger partial charge in [-0.1, -0.05) is 11.6 Å². The highest BCUT2D eigenvalue weighted by Crippen LogP contribution is 2.22. The largest absolute Gasteiger partial charge is 0.397 e. The van der Waals surface area contributed by atoms with Crippen LogP contribution in [0.5, 0.6) is 0 Å². The summed E-state index contributed by atoms with van der Waals surface area (Å²) in [5.41, 5.74) is 6.87. The molecule has 6 heteroatoms. The van der Waals surface area contributed by atoms with E-state index in [-0.39, 0.29) is 12.3 Å². The molecule has 0 bridgehead atoms. The van der Waals surface area contributed by atoms with Crippen LogP contribution in [0.4, 0.5) is 5.69 Å². The maximum Gasteiger partial charge on any atom is 0.228 e. The molecule has 0 atom stereocenters. The molecule has 2 aromatic rings. The standard InChI is InChI=1S/C13H14ClN3OS/c1-17(8-11-4-5-12(14)19-11)13(18)6-10-3-2-9(15)7-16-10/h2-5,7H,6,8,15H2,1H3. The molecule has 0 spiro atoms. The van der Waals surface area contributed by atoms with Crippen molar-refractivity contribution < 1.29 is 4.79 Å². The van der Waals surface area contributed by atoms with Gasteiger partial charge in [0, 0.05) is 17.6 Å². The molecule has 0 aliphatic carbocycles. The molecule has 0 radical (unpaired) electrons. The van der Waals surface area contributed by atoms with E-state index in [2.05, 4.69) is 4.98 Å². The van der Waals surface area contributed by atoms with Gasteiger partial charge in [-0.05, 0) is 24.3 Å². The van der Waals surface area contributed by atoms with Crippen LogP contribution in [0, 0.1) is 0 Å². The molecular weight excluding hydrogens is 282 g/mol. The smallest absolute Gasteiger partial charge is 0.228 e. The number of likely N-dealkylation sites (N-methyl/N-ethyl adjacent to an activating group) is 1. The Morgan fingerprint density at radius 3 is 2.79 bits per heavy atom. The van der Waals surface area contributed by atoms with E-state index in [1.54, 1.807) is 30.3 Å². The molecule has 100 valence electrons. The van der Waals surface area contributed by atoms with E-state index in [1.165, 1.54) is 11.3 Å². The highest BCUT2D eigenvalue weighted by Gasteiger charge is 2.12. The van der Waals surface area contributed by atoms with E-state index in [1.807, 2.05) is 12.1 Å². The number of pyridine rings is 1. The molecular formula is C13H14ClN3OS. The molecule has 0 aliphatic heterocycles. The van der Waals surface area contributed by atoms with Crippen LogP contribution in [0.1, 0.15) is 10.6 Å². The predicted octanol–water partition coefficient (Wildman–Crippen LogP) is 2.58. The molecule has 0 unspecified atom stereocenters. The zero-order chi connectivity index (χ0) is 13.8. The molecule has 2 rings (SSSR count). The molecule has 0 aliphatic rings.